The van der Waals surface area contributed by atoms with Gasteiger partial charge in [-0.1, -0.05) is 44.9 Å². The zero-order valence-electron chi connectivity index (χ0n) is 13.2. The van der Waals surface area contributed by atoms with E-state index in [0.717, 1.165) is 12.3 Å². The van der Waals surface area contributed by atoms with E-state index < -0.39 is 0 Å². The van der Waals surface area contributed by atoms with Crippen LogP contribution in [0.25, 0.3) is 0 Å². The Balaban J connectivity index is 2.22. The molecule has 1 nitrogen and oxygen atoms in total. The third-order valence-corrected chi connectivity index (χ3v) is 5.42. The first-order chi connectivity index (χ1) is 9.65. The van der Waals surface area contributed by atoms with E-state index in [0.29, 0.717) is 11.5 Å². The van der Waals surface area contributed by atoms with Crippen LogP contribution < -0.4 is 4.90 Å². The van der Waals surface area contributed by atoms with Crippen LogP contribution in [-0.4, -0.2) is 18.3 Å². The molecule has 1 atom stereocenters. The van der Waals surface area contributed by atoms with Gasteiger partial charge in [0.25, 0.3) is 0 Å². The van der Waals surface area contributed by atoms with E-state index in [1.165, 1.54) is 43.4 Å². The summed E-state index contributed by atoms with van der Waals surface area (Å²) in [5.41, 5.74) is 3.35. The average molecular weight is 292 g/mol. The molecule has 1 aliphatic heterocycles. The monoisotopic (exact) mass is 291 g/mol. The summed E-state index contributed by atoms with van der Waals surface area (Å²) in [4.78, 5) is 2.64. The second-order valence-electron chi connectivity index (χ2n) is 6.47. The topological polar surface area (TPSA) is 3.24 Å². The number of anilines is 1. The van der Waals surface area contributed by atoms with Crippen molar-refractivity contribution >= 4 is 18.3 Å². The third-order valence-electron chi connectivity index (χ3n) is 4.75. The summed E-state index contributed by atoms with van der Waals surface area (Å²) in [6.45, 7) is 8.13. The Hall–Kier alpha value is -0.630. The van der Waals surface area contributed by atoms with Gasteiger partial charge in [0, 0.05) is 18.3 Å². The van der Waals surface area contributed by atoms with Gasteiger partial charge in [0.15, 0.2) is 0 Å². The molecule has 0 radical (unpaired) electrons. The molecule has 0 spiro atoms. The van der Waals surface area contributed by atoms with Gasteiger partial charge in [0.2, 0.25) is 0 Å². The van der Waals surface area contributed by atoms with Crippen molar-refractivity contribution < 1.29 is 0 Å². The van der Waals surface area contributed by atoms with E-state index in [-0.39, 0.29) is 0 Å². The van der Waals surface area contributed by atoms with Crippen molar-refractivity contribution in [1.29, 1.82) is 0 Å². The second-order valence-corrected chi connectivity index (χ2v) is 6.78. The van der Waals surface area contributed by atoms with Crippen LogP contribution in [0.15, 0.2) is 24.3 Å². The van der Waals surface area contributed by atoms with E-state index in [1.807, 2.05) is 0 Å². The first kappa shape index (κ1) is 15.8. The zero-order chi connectivity index (χ0) is 14.6. The number of hydrogen-bond acceptors (Lipinski definition) is 2. The molecule has 0 amide bonds. The molecule has 2 heteroatoms. The molecular weight excluding hydrogens is 262 g/mol. The zero-order valence-corrected chi connectivity index (χ0v) is 14.1. The van der Waals surface area contributed by atoms with Crippen molar-refractivity contribution in [3.05, 3.63) is 29.8 Å². The largest absolute Gasteiger partial charge is 0.368 e. The van der Waals surface area contributed by atoms with Crippen molar-refractivity contribution in [2.45, 2.75) is 58.9 Å². The minimum atomic E-state index is 0.373. The maximum Gasteiger partial charge on any atom is 0.0402 e. The Labute approximate surface area is 130 Å². The van der Waals surface area contributed by atoms with E-state index in [4.69, 9.17) is 12.6 Å². The molecule has 1 heterocycles. The highest BCUT2D eigenvalue weighted by atomic mass is 32.1. The molecule has 1 aromatic carbocycles. The van der Waals surface area contributed by atoms with Crippen molar-refractivity contribution in [2.75, 3.05) is 17.2 Å². The Morgan fingerprint density at radius 2 is 1.85 bits per heavy atom. The Bertz CT molecular complexity index is 423. The van der Waals surface area contributed by atoms with Crippen LogP contribution in [0.5, 0.6) is 0 Å². The maximum absolute atomic E-state index is 4.72. The second kappa shape index (κ2) is 6.89. The van der Waals surface area contributed by atoms with Crippen LogP contribution in [0.2, 0.25) is 0 Å². The normalized spacial score (nSPS) is 18.4. The van der Waals surface area contributed by atoms with Gasteiger partial charge < -0.3 is 4.90 Å². The summed E-state index contributed by atoms with van der Waals surface area (Å²) in [6.07, 6.45) is 6.28. The number of nitrogens with zero attached hydrogens (tertiary/aromatic N) is 1. The lowest BCUT2D eigenvalue weighted by molar-refractivity contribution is 0.274. The number of thiol groups is 1. The number of para-hydroxylation sites is 1. The molecule has 0 fully saturated rings. The van der Waals surface area contributed by atoms with Crippen LogP contribution in [0.3, 0.4) is 0 Å². The highest BCUT2D eigenvalue weighted by Crippen LogP contribution is 2.39. The van der Waals surface area contributed by atoms with E-state index >= 15 is 0 Å². The summed E-state index contributed by atoms with van der Waals surface area (Å²) in [5, 5.41) is 0. The number of benzene rings is 1. The fourth-order valence-electron chi connectivity index (χ4n) is 3.78. The molecule has 0 aromatic heterocycles. The van der Waals surface area contributed by atoms with Crippen molar-refractivity contribution in [3.63, 3.8) is 0 Å². The smallest absolute Gasteiger partial charge is 0.0402 e. The molecule has 0 N–H and O–H groups in total. The molecule has 20 heavy (non-hydrogen) atoms. The van der Waals surface area contributed by atoms with Crippen LogP contribution in [-0.2, 0) is 6.42 Å². The molecule has 1 aliphatic rings. The van der Waals surface area contributed by atoms with Gasteiger partial charge in [0.1, 0.15) is 0 Å². The average Bonchev–Trinajstić information content (AvgIpc) is 2.75. The minimum Gasteiger partial charge on any atom is -0.368 e. The highest BCUT2D eigenvalue weighted by molar-refractivity contribution is 7.80. The summed E-state index contributed by atoms with van der Waals surface area (Å²) < 4.78 is 0. The van der Waals surface area contributed by atoms with Crippen molar-refractivity contribution in [2.24, 2.45) is 5.41 Å². The Morgan fingerprint density at radius 1 is 1.20 bits per heavy atom. The summed E-state index contributed by atoms with van der Waals surface area (Å²) in [5.74, 6) is 1.00. The predicted octanol–water partition coefficient (Wildman–Crippen LogP) is 4.95. The highest BCUT2D eigenvalue weighted by Gasteiger charge is 2.34. The standard InChI is InChI=1S/C18H29NS/c1-4-10-18(14-20,11-5-2)13-19-15(3)12-16-8-6-7-9-17(16)19/h6-9,15,20H,4-5,10-14H2,1-3H3. The summed E-state index contributed by atoms with van der Waals surface area (Å²) >= 11 is 4.72. The van der Waals surface area contributed by atoms with Crippen LogP contribution >= 0.6 is 12.6 Å². The molecule has 112 valence electrons. The van der Waals surface area contributed by atoms with Gasteiger partial charge >= 0.3 is 0 Å². The lowest BCUT2D eigenvalue weighted by Gasteiger charge is -2.39. The first-order valence-corrected chi connectivity index (χ1v) is 8.74. The predicted molar refractivity (Wildman–Crippen MR) is 93.1 cm³/mol. The molecule has 0 saturated carbocycles. The van der Waals surface area contributed by atoms with Gasteiger partial charge in [-0.05, 0) is 49.0 Å². The molecule has 0 bridgehead atoms. The van der Waals surface area contributed by atoms with Crippen LogP contribution in [0, 0.1) is 5.41 Å². The number of hydrogen-bond donors (Lipinski definition) is 1. The Kier molecular flexibility index (Phi) is 5.42. The SMILES string of the molecule is CCCC(CS)(CCC)CN1c2ccccc2CC1C. The van der Waals surface area contributed by atoms with E-state index in [2.05, 4.69) is 49.9 Å². The third kappa shape index (κ3) is 3.16. The van der Waals surface area contributed by atoms with Gasteiger partial charge in [-0.15, -0.1) is 0 Å². The molecular formula is C18H29NS. The van der Waals surface area contributed by atoms with Crippen molar-refractivity contribution in [3.8, 4) is 0 Å². The Morgan fingerprint density at radius 3 is 2.45 bits per heavy atom. The van der Waals surface area contributed by atoms with E-state index in [1.54, 1.807) is 0 Å². The van der Waals surface area contributed by atoms with Gasteiger partial charge in [-0.2, -0.15) is 12.6 Å². The summed E-state index contributed by atoms with van der Waals surface area (Å²) in [7, 11) is 0. The fourth-order valence-corrected chi connectivity index (χ4v) is 4.20. The van der Waals surface area contributed by atoms with E-state index in [9.17, 15) is 0 Å². The van der Waals surface area contributed by atoms with Gasteiger partial charge in [-0.25, -0.2) is 0 Å². The molecule has 1 aromatic rings. The van der Waals surface area contributed by atoms with Gasteiger partial charge in [0.05, 0.1) is 0 Å². The molecule has 2 rings (SSSR count). The quantitative estimate of drug-likeness (QED) is 0.695. The molecule has 0 aliphatic carbocycles. The molecule has 0 saturated heterocycles. The lowest BCUT2D eigenvalue weighted by atomic mass is 9.80. The van der Waals surface area contributed by atoms with Crippen LogP contribution in [0.1, 0.15) is 52.0 Å². The fraction of sp³-hybridized carbons (Fsp3) is 0.667. The number of fused-ring (bicyclic) bond motifs is 1. The minimum absolute atomic E-state index is 0.373. The summed E-state index contributed by atoms with van der Waals surface area (Å²) in [6, 6.07) is 9.54. The van der Waals surface area contributed by atoms with Crippen molar-refractivity contribution in [1.82, 2.24) is 0 Å². The maximum atomic E-state index is 4.72. The number of rotatable bonds is 7. The van der Waals surface area contributed by atoms with Gasteiger partial charge in [-0.3, -0.25) is 0 Å². The lowest BCUT2D eigenvalue weighted by Crippen LogP contribution is -2.42. The first-order valence-electron chi connectivity index (χ1n) is 8.11. The molecule has 1 unspecified atom stereocenters. The van der Waals surface area contributed by atoms with Crippen LogP contribution in [0.4, 0.5) is 5.69 Å².